The topological polar surface area (TPSA) is 69.4 Å². The minimum absolute atomic E-state index is 0.111. The zero-order valence-corrected chi connectivity index (χ0v) is 11.8. The Morgan fingerprint density at radius 1 is 1.15 bits per heavy atom. The van der Waals surface area contributed by atoms with E-state index in [4.69, 9.17) is 4.74 Å². The summed E-state index contributed by atoms with van der Waals surface area (Å²) in [4.78, 5) is 20.8. The molecule has 1 aromatic carbocycles. The number of benzene rings is 1. The smallest absolute Gasteiger partial charge is 0.269 e. The first-order valence-corrected chi connectivity index (χ1v) is 6.90. The second-order valence-corrected chi connectivity index (χ2v) is 4.80. The molecule has 0 aliphatic carbocycles. The second kappa shape index (κ2) is 9.20. The number of carbonyl (C=O) groups excluding carboxylic acids is 1. The number of non-ortho nitro benzene ring substituents is 1. The summed E-state index contributed by atoms with van der Waals surface area (Å²) in [5.41, 5.74) is 1.15. The number of unbranched alkanes of at least 4 members (excludes halogenated alkanes) is 2. The van der Waals surface area contributed by atoms with Crippen molar-refractivity contribution in [3.63, 3.8) is 0 Å². The van der Waals surface area contributed by atoms with Gasteiger partial charge in [-0.15, -0.1) is 0 Å². The van der Waals surface area contributed by atoms with Gasteiger partial charge in [-0.05, 0) is 31.7 Å². The number of nitro benzene ring substituents is 1. The summed E-state index contributed by atoms with van der Waals surface area (Å²) in [5.74, 6) is 0.240. The molecule has 0 amide bonds. The van der Waals surface area contributed by atoms with Gasteiger partial charge in [-0.1, -0.05) is 18.6 Å². The van der Waals surface area contributed by atoms with Crippen molar-refractivity contribution in [3.8, 4) is 0 Å². The van der Waals surface area contributed by atoms with Gasteiger partial charge in [-0.25, -0.2) is 0 Å². The molecule has 5 heteroatoms. The van der Waals surface area contributed by atoms with Crippen LogP contribution in [0.2, 0.25) is 0 Å². The van der Waals surface area contributed by atoms with E-state index in [0.717, 1.165) is 31.2 Å². The average Bonchev–Trinajstić information content (AvgIpc) is 2.42. The molecule has 0 heterocycles. The lowest BCUT2D eigenvalue weighted by Gasteiger charge is -2.04. The number of hydrogen-bond acceptors (Lipinski definition) is 4. The molecule has 0 aliphatic heterocycles. The Bertz CT molecular complexity index is 428. The summed E-state index contributed by atoms with van der Waals surface area (Å²) in [5, 5.41) is 10.5. The van der Waals surface area contributed by atoms with Crippen LogP contribution >= 0.6 is 0 Å². The summed E-state index contributed by atoms with van der Waals surface area (Å²) in [6.07, 6.45) is 4.32. The average molecular weight is 279 g/mol. The van der Waals surface area contributed by atoms with Gasteiger partial charge < -0.3 is 9.53 Å². The van der Waals surface area contributed by atoms with E-state index in [9.17, 15) is 14.9 Å². The van der Waals surface area contributed by atoms with Crippen LogP contribution < -0.4 is 0 Å². The maximum Gasteiger partial charge on any atom is 0.269 e. The molecule has 0 spiro atoms. The molecular formula is C15H21NO4. The Labute approximate surface area is 119 Å². The molecule has 0 radical (unpaired) electrons. The van der Waals surface area contributed by atoms with Gasteiger partial charge in [-0.3, -0.25) is 10.1 Å². The van der Waals surface area contributed by atoms with Gasteiger partial charge in [0.15, 0.2) is 0 Å². The van der Waals surface area contributed by atoms with E-state index < -0.39 is 4.92 Å². The lowest BCUT2D eigenvalue weighted by atomic mass is 10.1. The van der Waals surface area contributed by atoms with Gasteiger partial charge >= 0.3 is 0 Å². The predicted octanol–water partition coefficient (Wildman–Crippen LogP) is 3.30. The summed E-state index contributed by atoms with van der Waals surface area (Å²) in [7, 11) is 0. The van der Waals surface area contributed by atoms with Crippen molar-refractivity contribution in [2.45, 2.75) is 39.0 Å². The van der Waals surface area contributed by atoms with Crippen LogP contribution in [0, 0.1) is 10.1 Å². The van der Waals surface area contributed by atoms with E-state index in [1.807, 2.05) is 0 Å². The van der Waals surface area contributed by atoms with Crippen LogP contribution in [-0.4, -0.2) is 23.9 Å². The zero-order valence-electron chi connectivity index (χ0n) is 11.8. The SMILES string of the molecule is CC(=O)CCCCCOCCc1ccc([N+](=O)[O-])cc1. The largest absolute Gasteiger partial charge is 0.381 e. The predicted molar refractivity (Wildman–Crippen MR) is 76.8 cm³/mol. The van der Waals surface area contributed by atoms with E-state index >= 15 is 0 Å². The Hall–Kier alpha value is -1.75. The van der Waals surface area contributed by atoms with E-state index in [0.29, 0.717) is 19.6 Å². The third kappa shape index (κ3) is 6.99. The second-order valence-electron chi connectivity index (χ2n) is 4.80. The fourth-order valence-corrected chi connectivity index (χ4v) is 1.83. The maximum absolute atomic E-state index is 10.7. The molecule has 1 aromatic rings. The molecule has 0 aliphatic rings. The molecule has 110 valence electrons. The fourth-order valence-electron chi connectivity index (χ4n) is 1.83. The van der Waals surface area contributed by atoms with Crippen molar-refractivity contribution in [3.05, 3.63) is 39.9 Å². The minimum atomic E-state index is -0.401. The summed E-state index contributed by atoms with van der Waals surface area (Å²) >= 11 is 0. The van der Waals surface area contributed by atoms with Gasteiger partial charge in [0.25, 0.3) is 5.69 Å². The number of Topliss-reactive ketones (excluding diaryl/α,β-unsaturated/α-hetero) is 1. The Kier molecular flexibility index (Phi) is 7.50. The van der Waals surface area contributed by atoms with Crippen molar-refractivity contribution < 1.29 is 14.5 Å². The lowest BCUT2D eigenvalue weighted by molar-refractivity contribution is -0.384. The molecule has 0 saturated heterocycles. The molecule has 0 fully saturated rings. The van der Waals surface area contributed by atoms with E-state index in [2.05, 4.69) is 0 Å². The standard InChI is InChI=1S/C15H21NO4/c1-13(17)5-3-2-4-11-20-12-10-14-6-8-15(9-7-14)16(18)19/h6-9H,2-5,10-12H2,1H3. The van der Waals surface area contributed by atoms with Gasteiger partial charge in [0.05, 0.1) is 11.5 Å². The highest BCUT2D eigenvalue weighted by atomic mass is 16.6. The summed E-state index contributed by atoms with van der Waals surface area (Å²) in [6.45, 7) is 2.93. The van der Waals surface area contributed by atoms with Crippen LogP contribution in [0.25, 0.3) is 0 Å². The van der Waals surface area contributed by atoms with Gasteiger partial charge in [-0.2, -0.15) is 0 Å². The Morgan fingerprint density at radius 2 is 1.85 bits per heavy atom. The molecule has 5 nitrogen and oxygen atoms in total. The monoisotopic (exact) mass is 279 g/mol. The molecule has 0 atom stereocenters. The number of nitro groups is 1. The molecule has 20 heavy (non-hydrogen) atoms. The van der Waals surface area contributed by atoms with E-state index in [-0.39, 0.29) is 11.5 Å². The van der Waals surface area contributed by atoms with Gasteiger partial charge in [0, 0.05) is 25.2 Å². The number of nitrogens with zero attached hydrogens (tertiary/aromatic N) is 1. The fraction of sp³-hybridized carbons (Fsp3) is 0.533. The van der Waals surface area contributed by atoms with Gasteiger partial charge in [0.1, 0.15) is 5.78 Å². The first kappa shape index (κ1) is 16.3. The van der Waals surface area contributed by atoms with Crippen LogP contribution in [0.5, 0.6) is 0 Å². The number of ether oxygens (including phenoxy) is 1. The number of carbonyl (C=O) groups is 1. The molecule has 0 aromatic heterocycles. The molecule has 0 saturated carbocycles. The molecule has 0 bridgehead atoms. The summed E-state index contributed by atoms with van der Waals surface area (Å²) < 4.78 is 5.50. The van der Waals surface area contributed by atoms with Crippen molar-refractivity contribution in [1.29, 1.82) is 0 Å². The van der Waals surface area contributed by atoms with Crippen molar-refractivity contribution in [1.82, 2.24) is 0 Å². The van der Waals surface area contributed by atoms with Crippen LogP contribution in [0.4, 0.5) is 5.69 Å². The number of ketones is 1. The van der Waals surface area contributed by atoms with Crippen LogP contribution in [-0.2, 0) is 16.0 Å². The maximum atomic E-state index is 10.7. The number of rotatable bonds is 10. The summed E-state index contributed by atoms with van der Waals surface area (Å²) in [6, 6.07) is 6.54. The quantitative estimate of drug-likeness (QED) is 0.374. The van der Waals surface area contributed by atoms with Crippen molar-refractivity contribution in [2.75, 3.05) is 13.2 Å². The van der Waals surface area contributed by atoms with Gasteiger partial charge in [0.2, 0.25) is 0 Å². The van der Waals surface area contributed by atoms with Crippen LogP contribution in [0.15, 0.2) is 24.3 Å². The Morgan fingerprint density at radius 3 is 2.45 bits per heavy atom. The first-order chi connectivity index (χ1) is 9.59. The van der Waals surface area contributed by atoms with E-state index in [1.54, 1.807) is 19.1 Å². The third-order valence-electron chi connectivity index (χ3n) is 3.00. The zero-order chi connectivity index (χ0) is 14.8. The van der Waals surface area contributed by atoms with Crippen molar-refractivity contribution in [2.24, 2.45) is 0 Å². The minimum Gasteiger partial charge on any atom is -0.381 e. The van der Waals surface area contributed by atoms with Crippen LogP contribution in [0.1, 0.15) is 38.2 Å². The van der Waals surface area contributed by atoms with Crippen LogP contribution in [0.3, 0.4) is 0 Å². The third-order valence-corrected chi connectivity index (χ3v) is 3.00. The first-order valence-electron chi connectivity index (χ1n) is 6.90. The normalized spacial score (nSPS) is 10.4. The molecule has 0 N–H and O–H groups in total. The molecule has 1 rings (SSSR count). The molecule has 0 unspecified atom stereocenters. The number of hydrogen-bond donors (Lipinski definition) is 0. The molecular weight excluding hydrogens is 258 g/mol. The van der Waals surface area contributed by atoms with Crippen molar-refractivity contribution >= 4 is 11.5 Å². The highest BCUT2D eigenvalue weighted by Crippen LogP contribution is 2.12. The highest BCUT2D eigenvalue weighted by molar-refractivity contribution is 5.75. The Balaban J connectivity index is 2.06. The van der Waals surface area contributed by atoms with E-state index in [1.165, 1.54) is 12.1 Å². The highest BCUT2D eigenvalue weighted by Gasteiger charge is 2.03. The lowest BCUT2D eigenvalue weighted by Crippen LogP contribution is -2.01.